The highest BCUT2D eigenvalue weighted by Gasteiger charge is 2.17. The summed E-state index contributed by atoms with van der Waals surface area (Å²) in [7, 11) is 1.33. The van der Waals surface area contributed by atoms with E-state index in [0.717, 1.165) is 5.56 Å². The number of benzene rings is 3. The minimum Gasteiger partial charge on any atom is -0.473 e. The van der Waals surface area contributed by atoms with Gasteiger partial charge in [0.15, 0.2) is 6.39 Å². The number of imidazole rings is 1. The van der Waals surface area contributed by atoms with Crippen molar-refractivity contribution in [1.29, 1.82) is 5.26 Å². The van der Waals surface area contributed by atoms with E-state index in [0.29, 0.717) is 51.3 Å². The number of pyridine rings is 1. The summed E-state index contributed by atoms with van der Waals surface area (Å²) in [5.74, 6) is 0.461. The molecule has 3 aromatic carbocycles. The van der Waals surface area contributed by atoms with Crippen molar-refractivity contribution in [3.8, 4) is 35.0 Å². The molecule has 6 aromatic rings. The summed E-state index contributed by atoms with van der Waals surface area (Å²) >= 11 is 0. The molecule has 0 aliphatic carbocycles. The number of rotatable bonds is 9. The Bertz CT molecular complexity index is 1960. The van der Waals surface area contributed by atoms with Crippen molar-refractivity contribution in [2.45, 2.75) is 13.2 Å². The highest BCUT2D eigenvalue weighted by Crippen LogP contribution is 2.30. The van der Waals surface area contributed by atoms with Crippen LogP contribution in [0.15, 0.2) is 95.9 Å². The number of esters is 1. The predicted octanol–water partition coefficient (Wildman–Crippen LogP) is 6.30. The third-order valence-corrected chi connectivity index (χ3v) is 6.57. The van der Waals surface area contributed by atoms with Crippen LogP contribution in [-0.4, -0.2) is 32.6 Å². The molecule has 212 valence electrons. The summed E-state index contributed by atoms with van der Waals surface area (Å²) in [6.07, 6.45) is 2.94. The number of hydrogen-bond donors (Lipinski definition) is 0. The van der Waals surface area contributed by atoms with Gasteiger partial charge in [0.1, 0.15) is 23.9 Å². The van der Waals surface area contributed by atoms with Crippen LogP contribution >= 0.6 is 0 Å². The molecule has 3 heterocycles. The first-order valence-electron chi connectivity index (χ1n) is 13.0. The summed E-state index contributed by atoms with van der Waals surface area (Å²) in [4.78, 5) is 25.3. The summed E-state index contributed by atoms with van der Waals surface area (Å²) in [6.45, 7) is 0.245. The molecule has 0 spiro atoms. The zero-order chi connectivity index (χ0) is 29.8. The van der Waals surface area contributed by atoms with E-state index in [1.54, 1.807) is 53.2 Å². The second-order valence-electron chi connectivity index (χ2n) is 9.34. The second kappa shape index (κ2) is 11.8. The van der Waals surface area contributed by atoms with Gasteiger partial charge in [-0.2, -0.15) is 10.2 Å². The van der Waals surface area contributed by atoms with Crippen LogP contribution in [0.1, 0.15) is 27.2 Å². The zero-order valence-electron chi connectivity index (χ0n) is 22.7. The molecular weight excluding hydrogens is 553 g/mol. The maximum atomic E-state index is 14.2. The number of fused-ring (bicyclic) bond motifs is 1. The van der Waals surface area contributed by atoms with Crippen LogP contribution < -0.4 is 9.47 Å². The van der Waals surface area contributed by atoms with Crippen LogP contribution in [-0.2, 0) is 17.9 Å². The number of hydrogen-bond acceptors (Lipinski definition) is 9. The monoisotopic (exact) mass is 575 g/mol. The Morgan fingerprint density at radius 3 is 2.65 bits per heavy atom. The molecular formula is C32H22FN5O5. The van der Waals surface area contributed by atoms with E-state index < -0.39 is 11.8 Å². The van der Waals surface area contributed by atoms with Gasteiger partial charge < -0.3 is 18.6 Å². The van der Waals surface area contributed by atoms with Gasteiger partial charge in [-0.3, -0.25) is 4.57 Å². The zero-order valence-corrected chi connectivity index (χ0v) is 22.7. The second-order valence-corrected chi connectivity index (χ2v) is 9.34. The van der Waals surface area contributed by atoms with E-state index in [-0.39, 0.29) is 18.7 Å². The Hall–Kier alpha value is -6.02. The summed E-state index contributed by atoms with van der Waals surface area (Å²) in [5.41, 5.74) is 3.69. The van der Waals surface area contributed by atoms with E-state index in [1.807, 2.05) is 24.3 Å². The third kappa shape index (κ3) is 5.89. The first-order chi connectivity index (χ1) is 21.0. The summed E-state index contributed by atoms with van der Waals surface area (Å²) < 4.78 is 38.2. The van der Waals surface area contributed by atoms with Crippen molar-refractivity contribution in [3.63, 3.8) is 0 Å². The first-order valence-corrected chi connectivity index (χ1v) is 13.0. The molecule has 43 heavy (non-hydrogen) atoms. The molecule has 0 fully saturated rings. The van der Waals surface area contributed by atoms with Gasteiger partial charge in [0.25, 0.3) is 0 Å². The molecule has 0 atom stereocenters. The SMILES string of the molecule is COC(=O)c1ccc2nc(Oc3ccc(-c4cccc(OCc5ccc(C#N)cc5F)n4)cc3)n(Cc3cnco3)c2c1. The van der Waals surface area contributed by atoms with Crippen molar-refractivity contribution < 1.29 is 27.8 Å². The molecule has 0 bridgehead atoms. The molecule has 0 radical (unpaired) electrons. The number of halogens is 1. The molecule has 0 aliphatic rings. The lowest BCUT2D eigenvalue weighted by Gasteiger charge is -2.10. The van der Waals surface area contributed by atoms with Crippen molar-refractivity contribution in [2.75, 3.05) is 7.11 Å². The van der Waals surface area contributed by atoms with Crippen LogP contribution in [0.2, 0.25) is 0 Å². The van der Waals surface area contributed by atoms with E-state index >= 15 is 0 Å². The lowest BCUT2D eigenvalue weighted by Crippen LogP contribution is -2.04. The molecule has 0 aliphatic heterocycles. The topological polar surface area (TPSA) is 125 Å². The number of oxazole rings is 1. The number of methoxy groups -OCH3 is 1. The average molecular weight is 576 g/mol. The van der Waals surface area contributed by atoms with Gasteiger partial charge in [0.2, 0.25) is 5.88 Å². The van der Waals surface area contributed by atoms with E-state index in [1.165, 1.54) is 31.7 Å². The number of ether oxygens (including phenoxy) is 3. The molecule has 10 nitrogen and oxygen atoms in total. The molecule has 11 heteroatoms. The minimum atomic E-state index is -0.510. The number of nitriles is 1. The average Bonchev–Trinajstić information content (AvgIpc) is 3.68. The smallest absolute Gasteiger partial charge is 0.337 e. The molecule has 0 N–H and O–H groups in total. The lowest BCUT2D eigenvalue weighted by atomic mass is 10.1. The van der Waals surface area contributed by atoms with Gasteiger partial charge in [0, 0.05) is 17.2 Å². The maximum absolute atomic E-state index is 14.2. The molecule has 0 unspecified atom stereocenters. The van der Waals surface area contributed by atoms with Crippen LogP contribution in [0.25, 0.3) is 22.3 Å². The molecule has 0 amide bonds. The minimum absolute atomic E-state index is 0.0308. The Balaban J connectivity index is 1.22. The van der Waals surface area contributed by atoms with Crippen LogP contribution in [0, 0.1) is 17.1 Å². The summed E-state index contributed by atoms with van der Waals surface area (Å²) in [5, 5.41) is 8.92. The Morgan fingerprint density at radius 2 is 1.91 bits per heavy atom. The largest absolute Gasteiger partial charge is 0.473 e. The van der Waals surface area contributed by atoms with Crippen LogP contribution in [0.3, 0.4) is 0 Å². The van der Waals surface area contributed by atoms with Crippen LogP contribution in [0.4, 0.5) is 4.39 Å². The highest BCUT2D eigenvalue weighted by atomic mass is 19.1. The molecule has 0 saturated heterocycles. The van der Waals surface area contributed by atoms with Gasteiger partial charge in [-0.25, -0.2) is 19.2 Å². The van der Waals surface area contributed by atoms with Gasteiger partial charge in [0.05, 0.1) is 53.8 Å². The van der Waals surface area contributed by atoms with Crippen molar-refractivity contribution in [2.24, 2.45) is 0 Å². The normalized spacial score (nSPS) is 10.8. The highest BCUT2D eigenvalue weighted by molar-refractivity contribution is 5.94. The van der Waals surface area contributed by atoms with Gasteiger partial charge in [-0.05, 0) is 60.7 Å². The Morgan fingerprint density at radius 1 is 1.05 bits per heavy atom. The number of carbonyl (C=O) groups excluding carboxylic acids is 1. The maximum Gasteiger partial charge on any atom is 0.337 e. The molecule has 0 saturated carbocycles. The lowest BCUT2D eigenvalue weighted by molar-refractivity contribution is 0.0601. The third-order valence-electron chi connectivity index (χ3n) is 6.57. The van der Waals surface area contributed by atoms with E-state index in [4.69, 9.17) is 23.9 Å². The Labute approximate surface area is 244 Å². The predicted molar refractivity (Wildman–Crippen MR) is 152 cm³/mol. The molecule has 6 rings (SSSR count). The summed E-state index contributed by atoms with van der Waals surface area (Å²) in [6, 6.07) is 24.1. The number of aromatic nitrogens is 4. The van der Waals surface area contributed by atoms with Crippen molar-refractivity contribution >= 4 is 17.0 Å². The fraction of sp³-hybridized carbons (Fsp3) is 0.0938. The van der Waals surface area contributed by atoms with Gasteiger partial charge in [-0.15, -0.1) is 0 Å². The number of carbonyl (C=O) groups is 1. The van der Waals surface area contributed by atoms with Gasteiger partial charge >= 0.3 is 12.0 Å². The van der Waals surface area contributed by atoms with E-state index in [9.17, 15) is 9.18 Å². The fourth-order valence-corrected chi connectivity index (χ4v) is 4.39. The first kappa shape index (κ1) is 27.2. The van der Waals surface area contributed by atoms with Crippen LogP contribution in [0.5, 0.6) is 17.6 Å². The van der Waals surface area contributed by atoms with E-state index in [2.05, 4.69) is 15.0 Å². The standard InChI is InChI=1S/C32H22FN5O5/c1-40-31(39)22-9-12-28-29(14-22)38(17-25-16-35-19-42-25)32(37-28)43-24-10-7-21(8-11-24)27-3-2-4-30(36-27)41-18-23-6-5-20(15-34)13-26(23)33/h2-14,16,19H,17-18H2,1H3. The van der Waals surface area contributed by atoms with Crippen molar-refractivity contribution in [3.05, 3.63) is 120 Å². The quantitative estimate of drug-likeness (QED) is 0.183. The molecule has 3 aromatic heterocycles. The fourth-order valence-electron chi connectivity index (χ4n) is 4.39. The number of nitrogens with zero attached hydrogens (tertiary/aromatic N) is 5. The Kier molecular flexibility index (Phi) is 7.48. The van der Waals surface area contributed by atoms with Gasteiger partial charge in [-0.1, -0.05) is 12.1 Å². The van der Waals surface area contributed by atoms with Crippen molar-refractivity contribution in [1.82, 2.24) is 19.5 Å².